The third-order valence-electron chi connectivity index (χ3n) is 2.72. The zero-order valence-corrected chi connectivity index (χ0v) is 9.00. The molecule has 1 nitrogen and oxygen atoms in total. The van der Waals surface area contributed by atoms with Crippen LogP contribution in [0.2, 0.25) is 5.02 Å². The molecule has 1 aromatic rings. The van der Waals surface area contributed by atoms with Crippen molar-refractivity contribution in [2.45, 2.75) is 37.7 Å². The third-order valence-corrected chi connectivity index (χ3v) is 4.26. The number of hydrogen-bond acceptors (Lipinski definition) is 2. The summed E-state index contributed by atoms with van der Waals surface area (Å²) < 4.78 is 0. The highest BCUT2D eigenvalue weighted by Crippen LogP contribution is 2.42. The molecule has 1 fully saturated rings. The summed E-state index contributed by atoms with van der Waals surface area (Å²) in [6, 6.07) is 1.87. The Morgan fingerprint density at radius 1 is 1.31 bits per heavy atom. The van der Waals surface area contributed by atoms with Gasteiger partial charge in [0.05, 0.1) is 9.90 Å². The minimum absolute atomic E-state index is 0.622. The molecular formula is C10H13ClOS. The maximum absolute atomic E-state index is 10.3. The summed E-state index contributed by atoms with van der Waals surface area (Å²) in [5.41, 5.74) is -0.622. The van der Waals surface area contributed by atoms with Crippen LogP contribution in [0.25, 0.3) is 0 Å². The van der Waals surface area contributed by atoms with Gasteiger partial charge in [0.1, 0.15) is 5.60 Å². The molecule has 0 bridgehead atoms. The Morgan fingerprint density at radius 3 is 2.54 bits per heavy atom. The molecule has 0 spiro atoms. The first-order valence-corrected chi connectivity index (χ1v) is 5.94. The Morgan fingerprint density at radius 2 is 2.00 bits per heavy atom. The molecule has 0 unspecified atom stereocenters. The van der Waals surface area contributed by atoms with Crippen molar-refractivity contribution in [2.75, 3.05) is 0 Å². The minimum atomic E-state index is -0.622. The van der Waals surface area contributed by atoms with Crippen molar-refractivity contribution in [1.29, 1.82) is 0 Å². The third kappa shape index (κ3) is 1.76. The van der Waals surface area contributed by atoms with Crippen molar-refractivity contribution in [3.8, 4) is 0 Å². The Hall–Kier alpha value is -0.0500. The van der Waals surface area contributed by atoms with Crippen LogP contribution in [0.5, 0.6) is 0 Å². The minimum Gasteiger partial charge on any atom is -0.384 e. The molecule has 1 aliphatic rings. The van der Waals surface area contributed by atoms with E-state index in [-0.39, 0.29) is 0 Å². The van der Waals surface area contributed by atoms with Gasteiger partial charge in [-0.2, -0.15) is 0 Å². The standard InChI is InChI=1S/C10H13ClOS/c11-8-4-7-13-9(8)10(12)5-2-1-3-6-10/h4,7,12H,1-3,5-6H2. The second-order valence-corrected chi connectivity index (χ2v) is 5.01. The molecular weight excluding hydrogens is 204 g/mol. The second-order valence-electron chi connectivity index (χ2n) is 3.69. The first-order valence-electron chi connectivity index (χ1n) is 4.68. The van der Waals surface area contributed by atoms with Crippen LogP contribution in [0.15, 0.2) is 11.4 Å². The summed E-state index contributed by atoms with van der Waals surface area (Å²) >= 11 is 7.59. The van der Waals surface area contributed by atoms with E-state index in [2.05, 4.69) is 0 Å². The first-order chi connectivity index (χ1) is 6.22. The number of halogens is 1. The lowest BCUT2D eigenvalue weighted by Gasteiger charge is -2.31. The molecule has 2 rings (SSSR count). The average molecular weight is 217 g/mol. The Labute approximate surface area is 87.4 Å². The zero-order chi connectivity index (χ0) is 9.31. The van der Waals surface area contributed by atoms with Crippen LogP contribution in [0.3, 0.4) is 0 Å². The fourth-order valence-corrected chi connectivity index (χ4v) is 3.38. The number of rotatable bonds is 1. The summed E-state index contributed by atoms with van der Waals surface area (Å²) in [5, 5.41) is 13.0. The van der Waals surface area contributed by atoms with E-state index in [0.29, 0.717) is 0 Å². The van der Waals surface area contributed by atoms with Crippen LogP contribution in [0, 0.1) is 0 Å². The molecule has 1 aromatic heterocycles. The number of thiophene rings is 1. The largest absolute Gasteiger partial charge is 0.384 e. The van der Waals surface area contributed by atoms with E-state index in [1.54, 1.807) is 11.3 Å². The summed E-state index contributed by atoms with van der Waals surface area (Å²) in [7, 11) is 0. The monoisotopic (exact) mass is 216 g/mol. The average Bonchev–Trinajstić information content (AvgIpc) is 2.53. The van der Waals surface area contributed by atoms with E-state index in [4.69, 9.17) is 11.6 Å². The van der Waals surface area contributed by atoms with Crippen molar-refractivity contribution < 1.29 is 5.11 Å². The van der Waals surface area contributed by atoms with Gasteiger partial charge in [0, 0.05) is 0 Å². The molecule has 0 aromatic carbocycles. The maximum Gasteiger partial charge on any atom is 0.100 e. The molecule has 3 heteroatoms. The molecule has 0 saturated heterocycles. The molecule has 0 radical (unpaired) electrons. The van der Waals surface area contributed by atoms with Crippen LogP contribution in [-0.4, -0.2) is 5.11 Å². The number of aliphatic hydroxyl groups is 1. The zero-order valence-electron chi connectivity index (χ0n) is 7.42. The van der Waals surface area contributed by atoms with Gasteiger partial charge < -0.3 is 5.11 Å². The van der Waals surface area contributed by atoms with E-state index in [9.17, 15) is 5.11 Å². The lowest BCUT2D eigenvalue weighted by molar-refractivity contribution is 0.00292. The van der Waals surface area contributed by atoms with Crippen LogP contribution in [0.4, 0.5) is 0 Å². The normalized spacial score (nSPS) is 21.7. The van der Waals surface area contributed by atoms with Crippen LogP contribution >= 0.6 is 22.9 Å². The van der Waals surface area contributed by atoms with E-state index < -0.39 is 5.60 Å². The van der Waals surface area contributed by atoms with E-state index >= 15 is 0 Å². The molecule has 1 saturated carbocycles. The summed E-state index contributed by atoms with van der Waals surface area (Å²) in [6.45, 7) is 0. The molecule has 13 heavy (non-hydrogen) atoms. The van der Waals surface area contributed by atoms with E-state index in [1.807, 2.05) is 11.4 Å². The van der Waals surface area contributed by atoms with Crippen molar-refractivity contribution in [2.24, 2.45) is 0 Å². The Bertz CT molecular complexity index is 289. The molecule has 1 N–H and O–H groups in total. The summed E-state index contributed by atoms with van der Waals surface area (Å²) in [4.78, 5) is 0.967. The van der Waals surface area contributed by atoms with Gasteiger partial charge in [-0.15, -0.1) is 11.3 Å². The Balaban J connectivity index is 2.27. The second kappa shape index (κ2) is 3.60. The molecule has 72 valence electrons. The Kier molecular flexibility index (Phi) is 2.63. The highest BCUT2D eigenvalue weighted by molar-refractivity contribution is 7.10. The van der Waals surface area contributed by atoms with Gasteiger partial charge in [0.25, 0.3) is 0 Å². The molecule has 1 heterocycles. The lowest BCUT2D eigenvalue weighted by atomic mass is 9.84. The highest BCUT2D eigenvalue weighted by atomic mass is 35.5. The number of hydrogen-bond donors (Lipinski definition) is 1. The van der Waals surface area contributed by atoms with Crippen LogP contribution in [0.1, 0.15) is 37.0 Å². The van der Waals surface area contributed by atoms with Gasteiger partial charge in [-0.25, -0.2) is 0 Å². The smallest absolute Gasteiger partial charge is 0.100 e. The van der Waals surface area contributed by atoms with Gasteiger partial charge in [0.15, 0.2) is 0 Å². The fraction of sp³-hybridized carbons (Fsp3) is 0.600. The van der Waals surface area contributed by atoms with Crippen molar-refractivity contribution in [3.63, 3.8) is 0 Å². The van der Waals surface area contributed by atoms with Gasteiger partial charge in [-0.1, -0.05) is 30.9 Å². The predicted octanol–water partition coefficient (Wildman–Crippen LogP) is 3.55. The maximum atomic E-state index is 10.3. The van der Waals surface area contributed by atoms with Gasteiger partial charge in [-0.3, -0.25) is 0 Å². The SMILES string of the molecule is OC1(c2sccc2Cl)CCCCC1. The summed E-state index contributed by atoms with van der Waals surface area (Å²) in [5.74, 6) is 0. The van der Waals surface area contributed by atoms with Crippen molar-refractivity contribution >= 4 is 22.9 Å². The van der Waals surface area contributed by atoms with Gasteiger partial charge in [0.2, 0.25) is 0 Å². The highest BCUT2D eigenvalue weighted by Gasteiger charge is 2.33. The molecule has 0 amide bonds. The van der Waals surface area contributed by atoms with Gasteiger partial charge in [-0.05, 0) is 24.3 Å². The first kappa shape index (κ1) is 9.50. The molecule has 0 atom stereocenters. The van der Waals surface area contributed by atoms with Gasteiger partial charge >= 0.3 is 0 Å². The van der Waals surface area contributed by atoms with E-state index in [0.717, 1.165) is 35.6 Å². The van der Waals surface area contributed by atoms with Crippen LogP contribution < -0.4 is 0 Å². The van der Waals surface area contributed by atoms with Crippen molar-refractivity contribution in [3.05, 3.63) is 21.3 Å². The topological polar surface area (TPSA) is 20.2 Å². The van der Waals surface area contributed by atoms with Crippen molar-refractivity contribution in [1.82, 2.24) is 0 Å². The predicted molar refractivity (Wildman–Crippen MR) is 56.3 cm³/mol. The van der Waals surface area contributed by atoms with E-state index in [1.165, 1.54) is 6.42 Å². The molecule has 1 aliphatic carbocycles. The lowest BCUT2D eigenvalue weighted by Crippen LogP contribution is -2.27. The molecule has 0 aliphatic heterocycles. The quantitative estimate of drug-likeness (QED) is 0.761. The fourth-order valence-electron chi connectivity index (χ4n) is 1.99. The summed E-state index contributed by atoms with van der Waals surface area (Å²) in [6.07, 6.45) is 5.21. The van der Waals surface area contributed by atoms with Crippen LogP contribution in [-0.2, 0) is 5.60 Å².